The summed E-state index contributed by atoms with van der Waals surface area (Å²) in [5.41, 5.74) is 16.6. The van der Waals surface area contributed by atoms with Gasteiger partial charge in [-0.2, -0.15) is 0 Å². The molecule has 1 aliphatic carbocycles. The molecule has 276 valence electrons. The van der Waals surface area contributed by atoms with E-state index in [4.69, 9.17) is 8.83 Å². The molecule has 3 heteroatoms. The number of rotatable bonds is 4. The topological polar surface area (TPSA) is 29.5 Å². The lowest BCUT2D eigenvalue weighted by molar-refractivity contribution is 0.569. The largest absolute Gasteiger partial charge is 0.456 e. The van der Waals surface area contributed by atoms with Crippen molar-refractivity contribution in [1.82, 2.24) is 0 Å². The van der Waals surface area contributed by atoms with E-state index in [9.17, 15) is 0 Å². The van der Waals surface area contributed by atoms with Crippen LogP contribution in [-0.2, 0) is 16.2 Å². The number of hydrogen-bond donors (Lipinski definition) is 0. The van der Waals surface area contributed by atoms with Crippen LogP contribution >= 0.6 is 0 Å². The normalized spacial score (nSPS) is 13.9. The molecule has 9 aromatic rings. The SMILES string of the molecule is CC(C)(C)c1cc(C(C)(C)C)c2c(c1)oc1cccc(N(c3ccc4c(c3)C(C)(C)c3ccccc3-4)c3cccc4oc5cccc(-c6ccccc6)c5c34)c12. The van der Waals surface area contributed by atoms with E-state index in [-0.39, 0.29) is 16.2 Å². The Morgan fingerprint density at radius 3 is 1.70 bits per heavy atom. The maximum atomic E-state index is 6.91. The molecule has 0 spiro atoms. The first kappa shape index (κ1) is 34.4. The second-order valence-corrected chi connectivity index (χ2v) is 18.2. The lowest BCUT2D eigenvalue weighted by atomic mass is 9.78. The van der Waals surface area contributed by atoms with Crippen LogP contribution in [0.2, 0.25) is 0 Å². The maximum absolute atomic E-state index is 6.91. The molecule has 2 aromatic heterocycles. The molecular weight excluding hydrogens is 683 g/mol. The minimum Gasteiger partial charge on any atom is -0.456 e. The summed E-state index contributed by atoms with van der Waals surface area (Å²) >= 11 is 0. The van der Waals surface area contributed by atoms with Crippen molar-refractivity contribution in [2.75, 3.05) is 4.90 Å². The Labute approximate surface area is 329 Å². The third-order valence-corrected chi connectivity index (χ3v) is 12.1. The summed E-state index contributed by atoms with van der Waals surface area (Å²) in [4.78, 5) is 2.47. The van der Waals surface area contributed by atoms with E-state index < -0.39 is 0 Å². The van der Waals surface area contributed by atoms with Crippen LogP contribution < -0.4 is 4.90 Å². The highest BCUT2D eigenvalue weighted by Crippen LogP contribution is 2.54. The minimum absolute atomic E-state index is 0.0364. The molecule has 0 unspecified atom stereocenters. The molecule has 0 saturated carbocycles. The molecule has 0 fully saturated rings. The van der Waals surface area contributed by atoms with E-state index in [0.29, 0.717) is 0 Å². The summed E-state index contributed by atoms with van der Waals surface area (Å²) in [5, 5.41) is 4.48. The van der Waals surface area contributed by atoms with Crippen molar-refractivity contribution >= 4 is 60.9 Å². The van der Waals surface area contributed by atoms with Crippen molar-refractivity contribution in [3.8, 4) is 22.3 Å². The Bertz CT molecular complexity index is 3020. The molecule has 10 rings (SSSR count). The Hall–Kier alpha value is -6.06. The lowest BCUT2D eigenvalue weighted by Gasteiger charge is -2.30. The number of hydrogen-bond acceptors (Lipinski definition) is 3. The van der Waals surface area contributed by atoms with Crippen LogP contribution in [0.4, 0.5) is 17.1 Å². The van der Waals surface area contributed by atoms with E-state index in [0.717, 1.165) is 66.7 Å². The van der Waals surface area contributed by atoms with E-state index in [1.165, 1.54) is 38.8 Å². The third kappa shape index (κ3) is 5.10. The van der Waals surface area contributed by atoms with Gasteiger partial charge in [-0.1, -0.05) is 146 Å². The standard InChI is InChI=1S/C53H47NO2/c1-51(2,3)33-29-40(52(4,5)6)48-46(30-33)56-45-26-16-23-42(50(45)48)54(34-27-28-37-36-19-12-13-21-38(36)53(7,8)39(37)31-34)41-22-15-25-44-49(41)47-35(20-14-24-43(47)55-44)32-17-10-9-11-18-32/h9-31H,1-8H3. The Balaban J connectivity index is 1.34. The highest BCUT2D eigenvalue weighted by Gasteiger charge is 2.36. The van der Waals surface area contributed by atoms with Crippen molar-refractivity contribution in [2.45, 2.75) is 71.6 Å². The highest BCUT2D eigenvalue weighted by molar-refractivity contribution is 6.21. The van der Waals surface area contributed by atoms with Crippen molar-refractivity contribution in [1.29, 1.82) is 0 Å². The zero-order valence-electron chi connectivity index (χ0n) is 33.5. The Kier molecular flexibility index (Phi) is 7.36. The first-order valence-corrected chi connectivity index (χ1v) is 19.9. The van der Waals surface area contributed by atoms with Crippen LogP contribution in [0.25, 0.3) is 66.1 Å². The van der Waals surface area contributed by atoms with Gasteiger partial charge in [0, 0.05) is 21.9 Å². The van der Waals surface area contributed by atoms with Gasteiger partial charge in [0.1, 0.15) is 22.3 Å². The molecule has 0 amide bonds. The zero-order chi connectivity index (χ0) is 38.7. The number of benzene rings is 7. The van der Waals surface area contributed by atoms with Gasteiger partial charge in [-0.25, -0.2) is 0 Å². The number of fused-ring (bicyclic) bond motifs is 9. The summed E-state index contributed by atoms with van der Waals surface area (Å²) in [5.74, 6) is 0. The van der Waals surface area contributed by atoms with Crippen molar-refractivity contribution in [3.05, 3.63) is 162 Å². The molecule has 0 atom stereocenters. The van der Waals surface area contributed by atoms with Crippen LogP contribution in [0.5, 0.6) is 0 Å². The van der Waals surface area contributed by atoms with Crippen LogP contribution in [-0.4, -0.2) is 0 Å². The summed E-state index contributed by atoms with van der Waals surface area (Å²) in [6.07, 6.45) is 0. The van der Waals surface area contributed by atoms with Gasteiger partial charge in [-0.3, -0.25) is 0 Å². The van der Waals surface area contributed by atoms with Crippen LogP contribution in [0, 0.1) is 0 Å². The second kappa shape index (κ2) is 12.0. The molecular formula is C53H47NO2. The molecule has 2 heterocycles. The molecule has 1 aliphatic rings. The Morgan fingerprint density at radius 1 is 0.446 bits per heavy atom. The van der Waals surface area contributed by atoms with E-state index in [1.54, 1.807) is 0 Å². The highest BCUT2D eigenvalue weighted by atomic mass is 16.3. The fourth-order valence-electron chi connectivity index (χ4n) is 9.27. The average Bonchev–Trinajstić information content (AvgIpc) is 3.83. The van der Waals surface area contributed by atoms with Crippen molar-refractivity contribution < 1.29 is 8.83 Å². The van der Waals surface area contributed by atoms with Gasteiger partial charge in [0.05, 0.1) is 22.1 Å². The fraction of sp³-hybridized carbons (Fsp3) is 0.208. The van der Waals surface area contributed by atoms with Crippen LogP contribution in [0.1, 0.15) is 77.6 Å². The first-order chi connectivity index (χ1) is 26.8. The molecule has 0 saturated heterocycles. The molecule has 0 radical (unpaired) electrons. The second-order valence-electron chi connectivity index (χ2n) is 18.2. The van der Waals surface area contributed by atoms with Gasteiger partial charge >= 0.3 is 0 Å². The first-order valence-electron chi connectivity index (χ1n) is 19.9. The summed E-state index contributed by atoms with van der Waals surface area (Å²) in [6, 6.07) is 50.7. The molecule has 0 N–H and O–H groups in total. The summed E-state index contributed by atoms with van der Waals surface area (Å²) < 4.78 is 13.6. The summed E-state index contributed by atoms with van der Waals surface area (Å²) in [7, 11) is 0. The van der Waals surface area contributed by atoms with Crippen LogP contribution in [0.3, 0.4) is 0 Å². The molecule has 7 aromatic carbocycles. The van der Waals surface area contributed by atoms with Crippen molar-refractivity contribution in [3.63, 3.8) is 0 Å². The van der Waals surface area contributed by atoms with Crippen molar-refractivity contribution in [2.24, 2.45) is 0 Å². The fourth-order valence-corrected chi connectivity index (χ4v) is 9.27. The zero-order valence-corrected chi connectivity index (χ0v) is 33.5. The number of nitrogens with zero attached hydrogens (tertiary/aromatic N) is 1. The van der Waals surface area contributed by atoms with Gasteiger partial charge in [-0.15, -0.1) is 0 Å². The summed E-state index contributed by atoms with van der Waals surface area (Å²) in [6.45, 7) is 18.5. The Morgan fingerprint density at radius 2 is 1.02 bits per heavy atom. The number of furan rings is 2. The molecule has 56 heavy (non-hydrogen) atoms. The number of anilines is 3. The van der Waals surface area contributed by atoms with E-state index in [1.807, 2.05) is 0 Å². The van der Waals surface area contributed by atoms with Gasteiger partial charge in [0.15, 0.2) is 0 Å². The average molecular weight is 730 g/mol. The van der Waals surface area contributed by atoms with Gasteiger partial charge < -0.3 is 13.7 Å². The van der Waals surface area contributed by atoms with Gasteiger partial charge in [0.25, 0.3) is 0 Å². The van der Waals surface area contributed by atoms with Gasteiger partial charge in [0.2, 0.25) is 0 Å². The lowest BCUT2D eigenvalue weighted by Crippen LogP contribution is -2.17. The predicted molar refractivity (Wildman–Crippen MR) is 236 cm³/mol. The van der Waals surface area contributed by atoms with Crippen LogP contribution in [0.15, 0.2) is 148 Å². The third-order valence-electron chi connectivity index (χ3n) is 12.1. The van der Waals surface area contributed by atoms with Gasteiger partial charge in [-0.05, 0) is 104 Å². The molecule has 0 aliphatic heterocycles. The quantitative estimate of drug-likeness (QED) is 0.181. The predicted octanol–water partition coefficient (Wildman–Crippen LogP) is 15.5. The maximum Gasteiger partial charge on any atom is 0.137 e. The van der Waals surface area contributed by atoms with E-state index in [2.05, 4.69) is 200 Å². The van der Waals surface area contributed by atoms with E-state index >= 15 is 0 Å². The monoisotopic (exact) mass is 729 g/mol. The smallest absolute Gasteiger partial charge is 0.137 e. The molecule has 0 bridgehead atoms. The minimum atomic E-state index is -0.167. The molecule has 3 nitrogen and oxygen atoms in total.